The van der Waals surface area contributed by atoms with Crippen molar-refractivity contribution < 1.29 is 24.6 Å². The van der Waals surface area contributed by atoms with Crippen LogP contribution in [0.5, 0.6) is 0 Å². The molecule has 208 valence electrons. The number of carbonyl (C=O) groups is 3. The molecule has 1 aliphatic carbocycles. The summed E-state index contributed by atoms with van der Waals surface area (Å²) >= 11 is 0. The Labute approximate surface area is 228 Å². The van der Waals surface area contributed by atoms with Crippen molar-refractivity contribution in [1.82, 2.24) is 25.3 Å². The first kappa shape index (κ1) is 28.0. The van der Waals surface area contributed by atoms with Gasteiger partial charge in [0.2, 0.25) is 5.95 Å². The number of nitrogens with zero attached hydrogens (tertiary/aromatic N) is 3. The Morgan fingerprint density at radius 1 is 1.18 bits per heavy atom. The van der Waals surface area contributed by atoms with E-state index in [4.69, 9.17) is 10.8 Å². The van der Waals surface area contributed by atoms with Gasteiger partial charge in [0.25, 0.3) is 11.5 Å². The fourth-order valence-corrected chi connectivity index (χ4v) is 4.42. The predicted octanol–water partition coefficient (Wildman–Crippen LogP) is 2.01. The number of aromatic nitrogens is 4. The van der Waals surface area contributed by atoms with Crippen molar-refractivity contribution in [2.75, 3.05) is 11.1 Å². The third-order valence-corrected chi connectivity index (χ3v) is 6.45. The lowest BCUT2D eigenvalue weighted by atomic mass is 9.88. The number of carbonyl (C=O) groups excluding carboxylic acids is 1. The molecule has 2 aromatic heterocycles. The molecule has 1 unspecified atom stereocenters. The zero-order chi connectivity index (χ0) is 28.6. The second-order valence-corrected chi connectivity index (χ2v) is 9.41. The molecular formula is C27H29N7O6. The van der Waals surface area contributed by atoms with E-state index in [0.717, 1.165) is 32.1 Å². The molecule has 0 bridgehead atoms. The van der Waals surface area contributed by atoms with E-state index in [1.165, 1.54) is 6.20 Å². The first-order chi connectivity index (χ1) is 19.2. The van der Waals surface area contributed by atoms with E-state index in [2.05, 4.69) is 42.4 Å². The summed E-state index contributed by atoms with van der Waals surface area (Å²) in [5.41, 5.74) is 7.28. The molecule has 2 heterocycles. The van der Waals surface area contributed by atoms with Gasteiger partial charge in [0, 0.05) is 30.0 Å². The van der Waals surface area contributed by atoms with E-state index in [0.29, 0.717) is 16.9 Å². The van der Waals surface area contributed by atoms with Gasteiger partial charge in [-0.05, 0) is 43.0 Å². The smallest absolute Gasteiger partial charge is 0.326 e. The summed E-state index contributed by atoms with van der Waals surface area (Å²) < 4.78 is 0. The van der Waals surface area contributed by atoms with Crippen LogP contribution >= 0.6 is 0 Å². The number of fused-ring (bicyclic) bond motifs is 1. The number of rotatable bonds is 10. The van der Waals surface area contributed by atoms with Gasteiger partial charge in [-0.1, -0.05) is 18.8 Å². The Morgan fingerprint density at radius 2 is 2.00 bits per heavy atom. The number of benzene rings is 1. The van der Waals surface area contributed by atoms with Gasteiger partial charge in [0.15, 0.2) is 11.2 Å². The zero-order valence-electron chi connectivity index (χ0n) is 21.6. The average Bonchev–Trinajstić information content (AvgIpc) is 2.89. The van der Waals surface area contributed by atoms with Crippen LogP contribution in [0.15, 0.2) is 29.2 Å². The highest BCUT2D eigenvalue weighted by atomic mass is 16.4. The maximum absolute atomic E-state index is 13.2. The van der Waals surface area contributed by atoms with Crippen molar-refractivity contribution in [3.63, 3.8) is 0 Å². The Bertz CT molecular complexity index is 1560. The zero-order valence-corrected chi connectivity index (χ0v) is 21.6. The third kappa shape index (κ3) is 7.10. The molecular weight excluding hydrogens is 518 g/mol. The van der Waals surface area contributed by atoms with Gasteiger partial charge >= 0.3 is 11.9 Å². The summed E-state index contributed by atoms with van der Waals surface area (Å²) in [5, 5.41) is 24.1. The minimum Gasteiger partial charge on any atom is -0.481 e. The fourth-order valence-electron chi connectivity index (χ4n) is 4.42. The number of hydrogen-bond donors (Lipinski definition) is 6. The Morgan fingerprint density at radius 3 is 2.77 bits per heavy atom. The van der Waals surface area contributed by atoms with E-state index in [9.17, 15) is 24.3 Å². The minimum atomic E-state index is -1.35. The number of aromatic amines is 1. The predicted molar refractivity (Wildman–Crippen MR) is 145 cm³/mol. The first-order valence-corrected chi connectivity index (χ1v) is 12.8. The molecule has 40 heavy (non-hydrogen) atoms. The van der Waals surface area contributed by atoms with Gasteiger partial charge in [-0.2, -0.15) is 4.98 Å². The molecule has 1 aromatic carbocycles. The van der Waals surface area contributed by atoms with Gasteiger partial charge in [-0.25, -0.2) is 14.8 Å². The third-order valence-electron chi connectivity index (χ3n) is 6.45. The lowest BCUT2D eigenvalue weighted by Gasteiger charge is -2.20. The molecule has 7 N–H and O–H groups in total. The van der Waals surface area contributed by atoms with Crippen molar-refractivity contribution in [2.45, 2.75) is 63.5 Å². The summed E-state index contributed by atoms with van der Waals surface area (Å²) in [7, 11) is 0. The van der Waals surface area contributed by atoms with Gasteiger partial charge in [-0.3, -0.25) is 19.4 Å². The number of anilines is 2. The number of nitrogens with two attached hydrogens (primary N) is 1. The molecule has 0 aliphatic heterocycles. The molecule has 0 saturated carbocycles. The molecule has 3 aromatic rings. The molecule has 1 aliphatic rings. The van der Waals surface area contributed by atoms with Gasteiger partial charge in [0.05, 0.1) is 18.4 Å². The van der Waals surface area contributed by atoms with Crippen LogP contribution in [0.2, 0.25) is 0 Å². The van der Waals surface area contributed by atoms with Crippen LogP contribution in [0.4, 0.5) is 11.6 Å². The van der Waals surface area contributed by atoms with Crippen molar-refractivity contribution >= 4 is 40.6 Å². The molecule has 13 nitrogen and oxygen atoms in total. The highest BCUT2D eigenvalue weighted by molar-refractivity contribution is 5.98. The largest absolute Gasteiger partial charge is 0.481 e. The van der Waals surface area contributed by atoms with E-state index in [-0.39, 0.29) is 41.6 Å². The van der Waals surface area contributed by atoms with Crippen LogP contribution in [0.1, 0.15) is 72.5 Å². The van der Waals surface area contributed by atoms with Gasteiger partial charge in [-0.15, -0.1) is 5.92 Å². The van der Waals surface area contributed by atoms with Crippen LogP contribution in [0, 0.1) is 11.8 Å². The maximum atomic E-state index is 13.2. The van der Waals surface area contributed by atoms with Crippen molar-refractivity contribution in [3.05, 3.63) is 51.6 Å². The van der Waals surface area contributed by atoms with Crippen molar-refractivity contribution in [2.24, 2.45) is 0 Å². The number of carboxylic acid groups (broad SMARTS) is 2. The maximum Gasteiger partial charge on any atom is 0.326 e. The minimum absolute atomic E-state index is 0.0526. The number of carboxylic acids is 2. The fraction of sp³-hybridized carbons (Fsp3) is 0.370. The lowest BCUT2D eigenvalue weighted by molar-refractivity contribution is -0.140. The highest BCUT2D eigenvalue weighted by Gasteiger charge is 2.25. The van der Waals surface area contributed by atoms with Crippen molar-refractivity contribution in [3.8, 4) is 11.8 Å². The number of nitrogen functional groups attached to an aromatic ring is 1. The van der Waals surface area contributed by atoms with E-state index in [1.54, 1.807) is 18.2 Å². The van der Waals surface area contributed by atoms with Gasteiger partial charge < -0.3 is 26.6 Å². The van der Waals surface area contributed by atoms with Crippen LogP contribution in [-0.2, 0) is 16.1 Å². The van der Waals surface area contributed by atoms with Crippen LogP contribution < -0.4 is 21.9 Å². The SMILES string of the molecule is Nc1nc2ncc(CNc3ccc(C(=O)N[C@@H](CCC(=O)O)C(=O)O)c(C4C#CCCCCC4)c3)nc2c(=O)[nH]1. The molecule has 1 amide bonds. The van der Waals surface area contributed by atoms with Crippen LogP contribution in [0.25, 0.3) is 11.2 Å². The number of aliphatic carboxylic acids is 2. The molecule has 0 spiro atoms. The Kier molecular flexibility index (Phi) is 8.90. The molecule has 0 saturated heterocycles. The van der Waals surface area contributed by atoms with Crippen LogP contribution in [0.3, 0.4) is 0 Å². The number of amides is 1. The summed E-state index contributed by atoms with van der Waals surface area (Å²) in [6.45, 7) is 0.213. The summed E-state index contributed by atoms with van der Waals surface area (Å²) in [6.07, 6.45) is 5.28. The second-order valence-electron chi connectivity index (χ2n) is 9.41. The summed E-state index contributed by atoms with van der Waals surface area (Å²) in [4.78, 5) is 62.8. The monoisotopic (exact) mass is 547 g/mol. The first-order valence-electron chi connectivity index (χ1n) is 12.8. The summed E-state index contributed by atoms with van der Waals surface area (Å²) in [5.74, 6) is 3.04. The molecule has 4 rings (SSSR count). The average molecular weight is 548 g/mol. The number of H-pyrrole nitrogens is 1. The normalized spacial score (nSPS) is 15.7. The topological polar surface area (TPSA) is 213 Å². The second kappa shape index (κ2) is 12.7. The highest BCUT2D eigenvalue weighted by Crippen LogP contribution is 2.29. The van der Waals surface area contributed by atoms with E-state index in [1.807, 2.05) is 0 Å². The number of hydrogen-bond acceptors (Lipinski definition) is 9. The van der Waals surface area contributed by atoms with E-state index < -0.39 is 35.9 Å². The Balaban J connectivity index is 1.60. The number of nitrogens with one attached hydrogen (secondary N) is 3. The quantitative estimate of drug-likeness (QED) is 0.202. The molecule has 2 atom stereocenters. The van der Waals surface area contributed by atoms with Gasteiger partial charge in [0.1, 0.15) is 6.04 Å². The Hall–Kier alpha value is -4.99. The molecule has 0 fully saturated rings. The standard InChI is InChI=1S/C27H29N7O6/c28-27-33-23-22(25(38)34-27)31-17(14-30-23)13-29-16-8-9-18(19(12-16)15-6-4-2-1-3-5-7-15)24(37)32-20(26(39)40)10-11-21(35)36/h8-9,12,14-15,20,29H,1-4,6,10-11,13H2,(H,32,37)(H,35,36)(H,39,40)(H3,28,30,33,34,38)/t15?,20-/m0/s1. The van der Waals surface area contributed by atoms with E-state index >= 15 is 0 Å². The summed E-state index contributed by atoms with van der Waals surface area (Å²) in [6, 6.07) is 3.71. The molecule has 13 heteroatoms. The lowest BCUT2D eigenvalue weighted by Crippen LogP contribution is -2.41. The van der Waals surface area contributed by atoms with Crippen LogP contribution in [-0.4, -0.2) is 54.0 Å². The molecule has 0 radical (unpaired) electrons. The van der Waals surface area contributed by atoms with Crippen molar-refractivity contribution in [1.29, 1.82) is 0 Å².